The summed E-state index contributed by atoms with van der Waals surface area (Å²) in [6.45, 7) is 10.6. The summed E-state index contributed by atoms with van der Waals surface area (Å²) in [4.78, 5) is 9.77. The van der Waals surface area contributed by atoms with Gasteiger partial charge < -0.3 is 5.11 Å². The number of para-hydroxylation sites is 2. The Morgan fingerprint density at radius 1 is 0.685 bits per heavy atom. The molecule has 0 atom stereocenters. The molecule has 2 heterocycles. The fraction of sp³-hybridized carbons (Fsp3) is 0.160. The molecule has 0 spiro atoms. The minimum atomic E-state index is -0.597. The van der Waals surface area contributed by atoms with Crippen molar-refractivity contribution in [3.63, 3.8) is 0 Å². The molecule has 8 aromatic rings. The Hall–Kier alpha value is -6.26. The number of hydrogen-bond acceptors (Lipinski definition) is 3. The van der Waals surface area contributed by atoms with Gasteiger partial charge in [-0.2, -0.15) is 0 Å². The molecule has 0 radical (unpaired) electrons. The average molecular weight is 712 g/mol. The maximum absolute atomic E-state index is 11.4. The van der Waals surface area contributed by atoms with E-state index in [9.17, 15) is 6.48 Å². The zero-order valence-corrected chi connectivity index (χ0v) is 31.0. The van der Waals surface area contributed by atoms with Crippen LogP contribution in [0, 0.1) is 5.92 Å². The van der Waals surface area contributed by atoms with E-state index in [0.29, 0.717) is 28.4 Å². The lowest BCUT2D eigenvalue weighted by Crippen LogP contribution is -2.11. The Bertz CT molecular complexity index is 3030. The molecule has 0 amide bonds. The lowest BCUT2D eigenvalue weighted by molar-refractivity contribution is 0.477. The molecule has 4 heteroatoms. The largest absolute Gasteiger partial charge is 0.507 e. The number of imidazole rings is 1. The van der Waals surface area contributed by atoms with E-state index in [1.165, 1.54) is 5.56 Å². The van der Waals surface area contributed by atoms with E-state index < -0.39 is 47.8 Å². The standard InChI is InChI=1S/C50H45N3O/c1-33(2)27-34-23-24-45(43(28-34)36-17-10-7-11-18-36)53-46-21-14-20-41(48(46)52-49(53)42-19-12-13-22-47(42)54)38-29-39(31-40(30-38)50(3,4)5)44-32-37(25-26-51-44)35-15-8-6-9-16-35/h6-26,28-33,54H,27H2,1-5H3/i6D,8D,9D,15D,16D,25D,26D,32D. The first-order valence-corrected chi connectivity index (χ1v) is 18.2. The van der Waals surface area contributed by atoms with Crippen LogP contribution in [0.2, 0.25) is 0 Å². The molecule has 0 saturated carbocycles. The summed E-state index contributed by atoms with van der Waals surface area (Å²) in [6, 6.07) is 31.9. The van der Waals surface area contributed by atoms with Gasteiger partial charge >= 0.3 is 0 Å². The number of pyridine rings is 1. The molecule has 0 bridgehead atoms. The molecular formula is C50H45N3O. The van der Waals surface area contributed by atoms with Gasteiger partial charge in [0.25, 0.3) is 0 Å². The fourth-order valence-electron chi connectivity index (χ4n) is 6.95. The number of nitrogens with zero attached hydrogens (tertiary/aromatic N) is 3. The summed E-state index contributed by atoms with van der Waals surface area (Å²) in [7, 11) is 0. The van der Waals surface area contributed by atoms with Gasteiger partial charge in [-0.1, -0.05) is 132 Å². The van der Waals surface area contributed by atoms with E-state index >= 15 is 0 Å². The smallest absolute Gasteiger partial charge is 0.149 e. The highest BCUT2D eigenvalue weighted by molar-refractivity contribution is 5.97. The molecular weight excluding hydrogens is 659 g/mol. The number of aromatic nitrogens is 3. The molecule has 54 heavy (non-hydrogen) atoms. The summed E-state index contributed by atoms with van der Waals surface area (Å²) in [5.41, 5.74) is 7.94. The molecule has 0 aliphatic carbocycles. The van der Waals surface area contributed by atoms with Crippen molar-refractivity contribution in [2.24, 2.45) is 5.92 Å². The number of rotatable bonds is 8. The van der Waals surface area contributed by atoms with Gasteiger partial charge in [-0.15, -0.1) is 0 Å². The minimum Gasteiger partial charge on any atom is -0.507 e. The van der Waals surface area contributed by atoms with Crippen LogP contribution in [0.5, 0.6) is 5.75 Å². The summed E-state index contributed by atoms with van der Waals surface area (Å²) in [5.74, 6) is 1.06. The fourth-order valence-corrected chi connectivity index (χ4v) is 6.95. The molecule has 0 saturated heterocycles. The normalized spacial score (nSPS) is 13.8. The summed E-state index contributed by atoms with van der Waals surface area (Å²) in [5, 5.41) is 11.4. The summed E-state index contributed by atoms with van der Waals surface area (Å²) in [6.07, 6.45) is 0.404. The van der Waals surface area contributed by atoms with Gasteiger partial charge in [0, 0.05) is 22.9 Å². The number of aromatic hydroxyl groups is 1. The molecule has 0 aliphatic rings. The summed E-state index contributed by atoms with van der Waals surface area (Å²) >= 11 is 0. The zero-order valence-electron chi connectivity index (χ0n) is 39.0. The number of benzene rings is 6. The topological polar surface area (TPSA) is 50.9 Å². The second-order valence-corrected chi connectivity index (χ2v) is 15.0. The van der Waals surface area contributed by atoms with Gasteiger partial charge in [-0.05, 0) is 106 Å². The molecule has 266 valence electrons. The molecule has 8 rings (SSSR count). The number of phenols is 1. The molecule has 2 aromatic heterocycles. The second-order valence-electron chi connectivity index (χ2n) is 15.0. The first-order valence-electron chi connectivity index (χ1n) is 22.2. The van der Waals surface area contributed by atoms with E-state index in [1.807, 2.05) is 60.7 Å². The molecule has 4 nitrogen and oxygen atoms in total. The third-order valence-corrected chi connectivity index (χ3v) is 9.59. The Morgan fingerprint density at radius 3 is 2.19 bits per heavy atom. The van der Waals surface area contributed by atoms with E-state index in [0.717, 1.165) is 45.4 Å². The van der Waals surface area contributed by atoms with Crippen LogP contribution in [-0.4, -0.2) is 19.6 Å². The number of hydrogen-bond donors (Lipinski definition) is 1. The van der Waals surface area contributed by atoms with Crippen molar-refractivity contribution in [3.8, 4) is 67.5 Å². The highest BCUT2D eigenvalue weighted by Crippen LogP contribution is 2.42. The van der Waals surface area contributed by atoms with E-state index in [2.05, 4.69) is 80.6 Å². The van der Waals surface area contributed by atoms with Gasteiger partial charge in [0.1, 0.15) is 11.6 Å². The summed E-state index contributed by atoms with van der Waals surface area (Å²) < 4.78 is 71.1. The number of phenolic OH excluding ortho intramolecular Hbond substituents is 1. The van der Waals surface area contributed by atoms with E-state index in [4.69, 9.17) is 14.6 Å². The van der Waals surface area contributed by atoms with Crippen LogP contribution in [0.3, 0.4) is 0 Å². The van der Waals surface area contributed by atoms with Crippen molar-refractivity contribution in [2.45, 2.75) is 46.5 Å². The van der Waals surface area contributed by atoms with Crippen LogP contribution in [0.25, 0.3) is 72.7 Å². The monoisotopic (exact) mass is 711 g/mol. The maximum Gasteiger partial charge on any atom is 0.149 e. The van der Waals surface area contributed by atoms with Gasteiger partial charge in [-0.25, -0.2) is 4.98 Å². The Balaban J connectivity index is 1.42. The van der Waals surface area contributed by atoms with E-state index in [1.54, 1.807) is 12.1 Å². The van der Waals surface area contributed by atoms with Crippen molar-refractivity contribution in [1.29, 1.82) is 0 Å². The Kier molecular flexibility index (Phi) is 7.01. The third kappa shape index (κ3) is 6.83. The third-order valence-electron chi connectivity index (χ3n) is 9.59. The van der Waals surface area contributed by atoms with Gasteiger partial charge in [0.15, 0.2) is 0 Å². The van der Waals surface area contributed by atoms with E-state index in [-0.39, 0.29) is 28.6 Å². The van der Waals surface area contributed by atoms with Gasteiger partial charge in [0.2, 0.25) is 0 Å². The molecule has 0 unspecified atom stereocenters. The first kappa shape index (κ1) is 26.5. The predicted molar refractivity (Wildman–Crippen MR) is 225 cm³/mol. The second kappa shape index (κ2) is 14.3. The van der Waals surface area contributed by atoms with Gasteiger partial charge in [0.05, 0.1) is 38.9 Å². The van der Waals surface area contributed by atoms with Crippen molar-refractivity contribution in [2.75, 3.05) is 0 Å². The average Bonchev–Trinajstić information content (AvgIpc) is 3.64. The van der Waals surface area contributed by atoms with Crippen molar-refractivity contribution < 1.29 is 16.1 Å². The van der Waals surface area contributed by atoms with Crippen molar-refractivity contribution in [1.82, 2.24) is 14.5 Å². The van der Waals surface area contributed by atoms with Crippen LogP contribution in [0.4, 0.5) is 0 Å². The zero-order chi connectivity index (χ0) is 44.4. The van der Waals surface area contributed by atoms with Crippen LogP contribution in [0.1, 0.15) is 56.7 Å². The van der Waals surface area contributed by atoms with Gasteiger partial charge in [-0.3, -0.25) is 9.55 Å². The Morgan fingerprint density at radius 2 is 1.43 bits per heavy atom. The van der Waals surface area contributed by atoms with Crippen molar-refractivity contribution in [3.05, 3.63) is 169 Å². The first-order chi connectivity index (χ1) is 29.5. The molecule has 0 aliphatic heterocycles. The highest BCUT2D eigenvalue weighted by atomic mass is 16.3. The SMILES string of the molecule is [2H]c1nc(-c2cc(-c3cccc4c3nc(-c3ccccc3O)n4-c3ccc(CC(C)C)cc3-c3ccccc3)cc(C(C)(C)C)c2)c([2H])c(-c2c([2H])c([2H])c([2H])c([2H])c2[2H])c1[2H]. The predicted octanol–water partition coefficient (Wildman–Crippen LogP) is 13.0. The van der Waals surface area contributed by atoms with Crippen LogP contribution in [-0.2, 0) is 11.8 Å². The minimum absolute atomic E-state index is 0.0294. The van der Waals surface area contributed by atoms with Crippen LogP contribution in [0.15, 0.2) is 158 Å². The molecule has 6 aromatic carbocycles. The molecule has 0 fully saturated rings. The Labute approximate surface area is 329 Å². The van der Waals surface area contributed by atoms with Crippen molar-refractivity contribution >= 4 is 11.0 Å². The lowest BCUT2D eigenvalue weighted by Gasteiger charge is -2.22. The quantitative estimate of drug-likeness (QED) is 0.171. The maximum atomic E-state index is 11.4. The highest BCUT2D eigenvalue weighted by Gasteiger charge is 2.23. The number of fused-ring (bicyclic) bond motifs is 1. The van der Waals surface area contributed by atoms with Crippen LogP contribution < -0.4 is 0 Å². The molecule has 1 N–H and O–H groups in total. The van der Waals surface area contributed by atoms with Crippen LogP contribution >= 0.6 is 0 Å². The lowest BCUT2D eigenvalue weighted by atomic mass is 9.83.